The number of aliphatic hydroxyl groups excluding tert-OH is 1. The van der Waals surface area contributed by atoms with E-state index in [1.165, 1.54) is 0 Å². The van der Waals surface area contributed by atoms with Crippen LogP contribution in [0.1, 0.15) is 12.8 Å². The Kier molecular flexibility index (Phi) is 3.59. The molecule has 1 unspecified atom stereocenters. The molecule has 1 aliphatic rings. The average Bonchev–Trinajstić information content (AvgIpc) is 2.03. The van der Waals surface area contributed by atoms with Crippen molar-refractivity contribution in [1.29, 1.82) is 0 Å². The van der Waals surface area contributed by atoms with Gasteiger partial charge in [-0.3, -0.25) is 0 Å². The molecule has 0 aromatic carbocycles. The summed E-state index contributed by atoms with van der Waals surface area (Å²) >= 11 is 5.58. The van der Waals surface area contributed by atoms with Crippen LogP contribution in [0.25, 0.3) is 0 Å². The minimum absolute atomic E-state index is 0.0645. The van der Waals surface area contributed by atoms with Gasteiger partial charge in [0.1, 0.15) is 0 Å². The summed E-state index contributed by atoms with van der Waals surface area (Å²) in [6.45, 7) is 0. The second-order valence-corrected chi connectivity index (χ2v) is 3.01. The van der Waals surface area contributed by atoms with E-state index in [0.717, 1.165) is 0 Å². The second kappa shape index (κ2) is 4.26. The molecule has 1 aliphatic heterocycles. The topological polar surface area (TPSA) is 38.7 Å². The van der Waals surface area contributed by atoms with E-state index in [9.17, 15) is 5.11 Å². The summed E-state index contributed by atoms with van der Waals surface area (Å²) in [6.07, 6.45) is 0.470. The first-order chi connectivity index (χ1) is 5.26. The van der Waals surface area contributed by atoms with E-state index in [4.69, 9.17) is 21.1 Å². The lowest BCUT2D eigenvalue weighted by molar-refractivity contribution is -0.197. The third kappa shape index (κ3) is 2.60. The Labute approximate surface area is 71.2 Å². The predicted molar refractivity (Wildman–Crippen MR) is 41.6 cm³/mol. The monoisotopic (exact) mass is 180 g/mol. The van der Waals surface area contributed by atoms with Crippen LogP contribution < -0.4 is 0 Å². The average molecular weight is 181 g/mol. The first-order valence-electron chi connectivity index (χ1n) is 3.68. The number of hydrogen-bond acceptors (Lipinski definition) is 3. The van der Waals surface area contributed by atoms with Crippen LogP contribution in [0.4, 0.5) is 0 Å². The summed E-state index contributed by atoms with van der Waals surface area (Å²) in [5, 5.41) is 9.29. The molecular formula is C7H13ClO3. The fraction of sp³-hybridized carbons (Fsp3) is 1.00. The van der Waals surface area contributed by atoms with Gasteiger partial charge in [-0.15, -0.1) is 11.6 Å². The van der Waals surface area contributed by atoms with Crippen LogP contribution in [0, 0.1) is 0 Å². The van der Waals surface area contributed by atoms with Crippen LogP contribution in [0.2, 0.25) is 0 Å². The zero-order valence-electron chi connectivity index (χ0n) is 6.50. The maximum Gasteiger partial charge on any atom is 0.160 e. The van der Waals surface area contributed by atoms with Crippen LogP contribution in [0.3, 0.4) is 0 Å². The maximum absolute atomic E-state index is 9.29. The summed E-state index contributed by atoms with van der Waals surface area (Å²) in [7, 11) is 1.56. The number of rotatable bonds is 2. The van der Waals surface area contributed by atoms with E-state index >= 15 is 0 Å². The highest BCUT2D eigenvalue weighted by Crippen LogP contribution is 2.20. The van der Waals surface area contributed by atoms with Crippen molar-refractivity contribution in [2.45, 2.75) is 31.3 Å². The number of alkyl halides is 1. The molecule has 1 rings (SSSR count). The first kappa shape index (κ1) is 9.26. The molecule has 66 valence electrons. The van der Waals surface area contributed by atoms with Crippen molar-refractivity contribution >= 4 is 11.6 Å². The number of aliphatic hydroxyl groups is 1. The summed E-state index contributed by atoms with van der Waals surface area (Å²) < 4.78 is 10.3. The van der Waals surface area contributed by atoms with E-state index in [1.54, 1.807) is 7.11 Å². The molecule has 3 atom stereocenters. The molecule has 1 saturated heterocycles. The van der Waals surface area contributed by atoms with E-state index in [-0.39, 0.29) is 18.5 Å². The highest BCUT2D eigenvalue weighted by atomic mass is 35.5. The molecule has 0 bridgehead atoms. The third-order valence-corrected chi connectivity index (χ3v) is 2.12. The highest BCUT2D eigenvalue weighted by molar-refractivity contribution is 6.18. The molecule has 0 aliphatic carbocycles. The van der Waals surface area contributed by atoms with Crippen LogP contribution >= 0.6 is 11.6 Å². The molecule has 0 radical (unpaired) electrons. The van der Waals surface area contributed by atoms with Crippen LogP contribution in [-0.2, 0) is 9.47 Å². The summed E-state index contributed by atoms with van der Waals surface area (Å²) in [5.41, 5.74) is 0. The predicted octanol–water partition coefficient (Wildman–Crippen LogP) is 0.738. The number of ether oxygens (including phenoxy) is 2. The van der Waals surface area contributed by atoms with Crippen molar-refractivity contribution in [2.24, 2.45) is 0 Å². The second-order valence-electron chi connectivity index (χ2n) is 2.70. The van der Waals surface area contributed by atoms with E-state index in [1.807, 2.05) is 0 Å². The van der Waals surface area contributed by atoms with E-state index in [0.29, 0.717) is 18.7 Å². The molecule has 0 amide bonds. The molecule has 1 fully saturated rings. The van der Waals surface area contributed by atoms with Gasteiger partial charge in [-0.05, 0) is 0 Å². The lowest BCUT2D eigenvalue weighted by Crippen LogP contribution is -2.37. The fourth-order valence-electron chi connectivity index (χ4n) is 1.20. The molecule has 0 saturated carbocycles. The lowest BCUT2D eigenvalue weighted by atomic mass is 10.1. The van der Waals surface area contributed by atoms with Crippen molar-refractivity contribution in [3.05, 3.63) is 0 Å². The van der Waals surface area contributed by atoms with Crippen molar-refractivity contribution < 1.29 is 14.6 Å². The molecule has 0 aromatic rings. The van der Waals surface area contributed by atoms with Crippen LogP contribution in [0.15, 0.2) is 0 Å². The van der Waals surface area contributed by atoms with Gasteiger partial charge in [-0.1, -0.05) is 0 Å². The van der Waals surface area contributed by atoms with Gasteiger partial charge in [0, 0.05) is 25.8 Å². The minimum atomic E-state index is -0.336. The van der Waals surface area contributed by atoms with E-state index < -0.39 is 0 Å². The molecule has 0 spiro atoms. The quantitative estimate of drug-likeness (QED) is 0.637. The van der Waals surface area contributed by atoms with Gasteiger partial charge in [0.15, 0.2) is 6.29 Å². The van der Waals surface area contributed by atoms with Gasteiger partial charge < -0.3 is 14.6 Å². The van der Waals surface area contributed by atoms with Crippen molar-refractivity contribution in [3.63, 3.8) is 0 Å². The third-order valence-electron chi connectivity index (χ3n) is 1.78. The van der Waals surface area contributed by atoms with Crippen LogP contribution in [-0.4, -0.2) is 36.6 Å². The largest absolute Gasteiger partial charge is 0.393 e. The Morgan fingerprint density at radius 3 is 2.91 bits per heavy atom. The summed E-state index contributed by atoms with van der Waals surface area (Å²) in [4.78, 5) is 0. The van der Waals surface area contributed by atoms with Crippen molar-refractivity contribution in [2.75, 3.05) is 13.0 Å². The Morgan fingerprint density at radius 1 is 1.64 bits per heavy atom. The number of halogens is 1. The molecular weight excluding hydrogens is 168 g/mol. The molecule has 11 heavy (non-hydrogen) atoms. The summed E-state index contributed by atoms with van der Waals surface area (Å²) in [6, 6.07) is 0. The molecule has 1 N–H and O–H groups in total. The minimum Gasteiger partial charge on any atom is -0.393 e. The van der Waals surface area contributed by atoms with Gasteiger partial charge in [-0.25, -0.2) is 0 Å². The molecule has 4 heteroatoms. The molecule has 1 heterocycles. The SMILES string of the molecule is COC1C[C@H](O)C[C@@H](CCl)O1. The van der Waals surface area contributed by atoms with Crippen LogP contribution in [0.5, 0.6) is 0 Å². The number of methoxy groups -OCH3 is 1. The van der Waals surface area contributed by atoms with E-state index in [2.05, 4.69) is 0 Å². The Morgan fingerprint density at radius 2 is 2.36 bits per heavy atom. The van der Waals surface area contributed by atoms with Gasteiger partial charge in [0.05, 0.1) is 12.2 Å². The van der Waals surface area contributed by atoms with Gasteiger partial charge in [-0.2, -0.15) is 0 Å². The Balaban J connectivity index is 2.37. The summed E-state index contributed by atoms with van der Waals surface area (Å²) in [5.74, 6) is 0.414. The van der Waals surface area contributed by atoms with Crippen molar-refractivity contribution in [3.8, 4) is 0 Å². The normalized spacial score (nSPS) is 39.0. The fourth-order valence-corrected chi connectivity index (χ4v) is 1.40. The van der Waals surface area contributed by atoms with Gasteiger partial charge in [0.2, 0.25) is 0 Å². The Hall–Kier alpha value is 0.170. The maximum atomic E-state index is 9.29. The lowest BCUT2D eigenvalue weighted by Gasteiger charge is -2.30. The highest BCUT2D eigenvalue weighted by Gasteiger charge is 2.27. The van der Waals surface area contributed by atoms with Gasteiger partial charge >= 0.3 is 0 Å². The Bertz CT molecular complexity index is 108. The number of hydrogen-bond donors (Lipinski definition) is 1. The zero-order valence-corrected chi connectivity index (χ0v) is 7.25. The zero-order chi connectivity index (χ0) is 8.27. The smallest absolute Gasteiger partial charge is 0.160 e. The van der Waals surface area contributed by atoms with Gasteiger partial charge in [0.25, 0.3) is 0 Å². The first-order valence-corrected chi connectivity index (χ1v) is 4.22. The molecule has 0 aromatic heterocycles. The molecule has 3 nitrogen and oxygen atoms in total. The standard InChI is InChI=1S/C7H13ClO3/c1-10-7-3-5(9)2-6(4-8)11-7/h5-7,9H,2-4H2,1H3/t5-,6+,7?/m1/s1. The van der Waals surface area contributed by atoms with Crippen molar-refractivity contribution in [1.82, 2.24) is 0 Å².